The fraction of sp³-hybridized carbons (Fsp3) is 0.263. The summed E-state index contributed by atoms with van der Waals surface area (Å²) in [6, 6.07) is 12.5. The molecule has 5 nitrogen and oxygen atoms in total. The van der Waals surface area contributed by atoms with Gasteiger partial charge >= 0.3 is 5.97 Å². The van der Waals surface area contributed by atoms with Gasteiger partial charge in [-0.1, -0.05) is 25.1 Å². The number of carboxylic acid groups (broad SMARTS) is 1. The van der Waals surface area contributed by atoms with E-state index in [9.17, 15) is 9.59 Å². The normalized spacial score (nSPS) is 11.6. The number of aliphatic carboxylic acids is 1. The van der Waals surface area contributed by atoms with Gasteiger partial charge in [0.05, 0.1) is 13.0 Å². The van der Waals surface area contributed by atoms with Crippen LogP contribution in [-0.2, 0) is 11.2 Å². The van der Waals surface area contributed by atoms with Crippen molar-refractivity contribution >= 4 is 17.6 Å². The number of anilines is 1. The number of carbonyl (C=O) groups excluding carboxylic acids is 1. The Morgan fingerprint density at radius 2 is 1.83 bits per heavy atom. The van der Waals surface area contributed by atoms with Gasteiger partial charge in [0.1, 0.15) is 5.75 Å². The highest BCUT2D eigenvalue weighted by Gasteiger charge is 2.13. The van der Waals surface area contributed by atoms with Crippen molar-refractivity contribution < 1.29 is 19.4 Å². The number of hydrogen-bond acceptors (Lipinski definition) is 3. The molecule has 1 unspecified atom stereocenters. The molecule has 0 fully saturated rings. The highest BCUT2D eigenvalue weighted by molar-refractivity contribution is 6.05. The van der Waals surface area contributed by atoms with Crippen LogP contribution in [0.4, 0.5) is 5.69 Å². The molecule has 126 valence electrons. The molecule has 24 heavy (non-hydrogen) atoms. The Bertz CT molecular complexity index is 738. The molecule has 0 aliphatic heterocycles. The Morgan fingerprint density at radius 1 is 1.17 bits per heavy atom. The van der Waals surface area contributed by atoms with E-state index in [1.807, 2.05) is 25.1 Å². The minimum atomic E-state index is -0.819. The molecule has 1 atom stereocenters. The third-order valence-electron chi connectivity index (χ3n) is 3.92. The number of carboxylic acids is 1. The van der Waals surface area contributed by atoms with Crippen molar-refractivity contribution in [3.05, 3.63) is 59.2 Å². The van der Waals surface area contributed by atoms with Crippen molar-refractivity contribution in [2.24, 2.45) is 5.92 Å². The second-order valence-corrected chi connectivity index (χ2v) is 5.73. The van der Waals surface area contributed by atoms with Gasteiger partial charge in [0.2, 0.25) is 0 Å². The van der Waals surface area contributed by atoms with Gasteiger partial charge in [-0.15, -0.1) is 0 Å². The van der Waals surface area contributed by atoms with E-state index in [0.29, 0.717) is 23.4 Å². The minimum Gasteiger partial charge on any atom is -0.496 e. The number of amides is 1. The molecule has 2 N–H and O–H groups in total. The quantitative estimate of drug-likeness (QED) is 0.851. The van der Waals surface area contributed by atoms with Crippen LogP contribution in [-0.4, -0.2) is 24.1 Å². The first-order valence-electron chi connectivity index (χ1n) is 7.69. The van der Waals surface area contributed by atoms with Crippen LogP contribution >= 0.6 is 0 Å². The molecule has 0 radical (unpaired) electrons. The van der Waals surface area contributed by atoms with Crippen molar-refractivity contribution in [2.45, 2.75) is 20.3 Å². The summed E-state index contributed by atoms with van der Waals surface area (Å²) in [6.07, 6.45) is 0.457. The molecule has 0 aliphatic carbocycles. The molecule has 5 heteroatoms. The third kappa shape index (κ3) is 4.13. The van der Waals surface area contributed by atoms with Crippen molar-refractivity contribution in [2.75, 3.05) is 12.4 Å². The summed E-state index contributed by atoms with van der Waals surface area (Å²) in [4.78, 5) is 23.3. The summed E-state index contributed by atoms with van der Waals surface area (Å²) in [6.45, 7) is 3.51. The smallest absolute Gasteiger partial charge is 0.306 e. The maximum atomic E-state index is 12.4. The number of ether oxygens (including phenoxy) is 1. The zero-order chi connectivity index (χ0) is 17.7. The van der Waals surface area contributed by atoms with E-state index in [2.05, 4.69) is 5.32 Å². The van der Waals surface area contributed by atoms with Crippen LogP contribution in [0.3, 0.4) is 0 Å². The highest BCUT2D eigenvalue weighted by Crippen LogP contribution is 2.22. The maximum Gasteiger partial charge on any atom is 0.306 e. The van der Waals surface area contributed by atoms with E-state index in [1.54, 1.807) is 38.3 Å². The number of rotatable bonds is 6. The van der Waals surface area contributed by atoms with Crippen molar-refractivity contribution in [1.82, 2.24) is 0 Å². The van der Waals surface area contributed by atoms with Crippen LogP contribution in [0.15, 0.2) is 42.5 Å². The van der Waals surface area contributed by atoms with Gasteiger partial charge in [0.25, 0.3) is 5.91 Å². The van der Waals surface area contributed by atoms with Crippen LogP contribution in [0.25, 0.3) is 0 Å². The van der Waals surface area contributed by atoms with Gasteiger partial charge in [0.15, 0.2) is 0 Å². The van der Waals surface area contributed by atoms with Crippen LogP contribution in [0.1, 0.15) is 28.4 Å². The van der Waals surface area contributed by atoms with E-state index in [4.69, 9.17) is 9.84 Å². The number of methoxy groups -OCH3 is 1. The second kappa shape index (κ2) is 7.64. The molecule has 0 heterocycles. The molecule has 2 rings (SSSR count). The van der Waals surface area contributed by atoms with Gasteiger partial charge in [0, 0.05) is 16.8 Å². The molecule has 0 aliphatic rings. The van der Waals surface area contributed by atoms with E-state index in [1.165, 1.54) is 0 Å². The van der Waals surface area contributed by atoms with Crippen LogP contribution in [0, 0.1) is 12.8 Å². The monoisotopic (exact) mass is 327 g/mol. The molecular weight excluding hydrogens is 306 g/mol. The summed E-state index contributed by atoms with van der Waals surface area (Å²) in [7, 11) is 1.57. The molecule has 0 saturated heterocycles. The van der Waals surface area contributed by atoms with E-state index in [0.717, 1.165) is 11.1 Å². The largest absolute Gasteiger partial charge is 0.496 e. The summed E-state index contributed by atoms with van der Waals surface area (Å²) < 4.78 is 5.23. The summed E-state index contributed by atoms with van der Waals surface area (Å²) >= 11 is 0. The van der Waals surface area contributed by atoms with E-state index >= 15 is 0 Å². The zero-order valence-corrected chi connectivity index (χ0v) is 14.0. The number of benzene rings is 2. The SMILES string of the molecule is COc1cccc(C(=O)Nc2ccc(CC(C)C(=O)O)cc2)c1C. The highest BCUT2D eigenvalue weighted by atomic mass is 16.5. The molecular formula is C19H21NO4. The van der Waals surface area contributed by atoms with Crippen molar-refractivity contribution in [3.63, 3.8) is 0 Å². The zero-order valence-electron chi connectivity index (χ0n) is 14.0. The number of carbonyl (C=O) groups is 2. The fourth-order valence-corrected chi connectivity index (χ4v) is 2.45. The predicted octanol–water partition coefficient (Wildman–Crippen LogP) is 3.52. The molecule has 0 aromatic heterocycles. The first-order chi connectivity index (χ1) is 11.4. The van der Waals surface area contributed by atoms with Crippen LogP contribution < -0.4 is 10.1 Å². The topological polar surface area (TPSA) is 75.6 Å². The Hall–Kier alpha value is -2.82. The van der Waals surface area contributed by atoms with Gasteiger partial charge in [-0.25, -0.2) is 0 Å². The molecule has 1 amide bonds. The van der Waals surface area contributed by atoms with E-state index < -0.39 is 11.9 Å². The molecule has 0 bridgehead atoms. The summed E-state index contributed by atoms with van der Waals surface area (Å²) in [5.41, 5.74) is 2.91. The molecule has 2 aromatic carbocycles. The van der Waals surface area contributed by atoms with Gasteiger partial charge in [-0.2, -0.15) is 0 Å². The van der Waals surface area contributed by atoms with Crippen LogP contribution in [0.5, 0.6) is 5.75 Å². The molecule has 2 aromatic rings. The Labute approximate surface area is 141 Å². The first-order valence-corrected chi connectivity index (χ1v) is 7.69. The first kappa shape index (κ1) is 17.5. The second-order valence-electron chi connectivity index (χ2n) is 5.73. The average Bonchev–Trinajstić information content (AvgIpc) is 2.56. The molecule has 0 saturated carbocycles. The van der Waals surface area contributed by atoms with Crippen LogP contribution in [0.2, 0.25) is 0 Å². The lowest BCUT2D eigenvalue weighted by molar-refractivity contribution is -0.141. The minimum absolute atomic E-state index is 0.210. The lowest BCUT2D eigenvalue weighted by Crippen LogP contribution is -2.14. The summed E-state index contributed by atoms with van der Waals surface area (Å²) in [5, 5.41) is 11.8. The predicted molar refractivity (Wildman–Crippen MR) is 92.6 cm³/mol. The number of hydrogen-bond donors (Lipinski definition) is 2. The summed E-state index contributed by atoms with van der Waals surface area (Å²) in [5.74, 6) is -0.801. The maximum absolute atomic E-state index is 12.4. The third-order valence-corrected chi connectivity index (χ3v) is 3.92. The standard InChI is InChI=1S/C19H21NO4/c1-12(19(22)23)11-14-7-9-15(10-8-14)20-18(21)16-5-4-6-17(24-3)13(16)2/h4-10,12H,11H2,1-3H3,(H,20,21)(H,22,23). The molecule has 0 spiro atoms. The van der Waals surface area contributed by atoms with Crippen molar-refractivity contribution in [1.29, 1.82) is 0 Å². The van der Waals surface area contributed by atoms with Gasteiger partial charge in [-0.05, 0) is 43.2 Å². The Balaban J connectivity index is 2.09. The lowest BCUT2D eigenvalue weighted by atomic mass is 10.0. The number of nitrogens with one attached hydrogen (secondary N) is 1. The van der Waals surface area contributed by atoms with Crippen molar-refractivity contribution in [3.8, 4) is 5.75 Å². The van der Waals surface area contributed by atoms with Gasteiger partial charge in [-0.3, -0.25) is 9.59 Å². The fourth-order valence-electron chi connectivity index (χ4n) is 2.45. The Morgan fingerprint density at radius 3 is 2.42 bits per heavy atom. The van der Waals surface area contributed by atoms with E-state index in [-0.39, 0.29) is 5.91 Å². The lowest BCUT2D eigenvalue weighted by Gasteiger charge is -2.11. The Kier molecular flexibility index (Phi) is 5.58. The van der Waals surface area contributed by atoms with Gasteiger partial charge < -0.3 is 15.2 Å². The average molecular weight is 327 g/mol.